The highest BCUT2D eigenvalue weighted by molar-refractivity contribution is 5.46. The lowest BCUT2D eigenvalue weighted by atomic mass is 9.93. The van der Waals surface area contributed by atoms with Gasteiger partial charge < -0.3 is 10.1 Å². The van der Waals surface area contributed by atoms with Crippen LogP contribution in [0.3, 0.4) is 0 Å². The van der Waals surface area contributed by atoms with Gasteiger partial charge in [-0.3, -0.25) is 0 Å². The maximum absolute atomic E-state index is 5.59. The Morgan fingerprint density at radius 3 is 2.39 bits per heavy atom. The zero-order chi connectivity index (χ0) is 13.7. The van der Waals surface area contributed by atoms with Crippen LogP contribution in [0.2, 0.25) is 0 Å². The molecule has 1 aromatic rings. The third-order valence-corrected chi connectivity index (χ3v) is 3.57. The van der Waals surface area contributed by atoms with Crippen LogP contribution in [0.5, 0.6) is 5.75 Å². The first-order valence-electron chi connectivity index (χ1n) is 6.84. The molecule has 1 aromatic carbocycles. The van der Waals surface area contributed by atoms with Gasteiger partial charge in [0.05, 0.1) is 7.11 Å². The summed E-state index contributed by atoms with van der Waals surface area (Å²) in [5, 5.41) is 3.47. The average molecular weight is 249 g/mol. The smallest absolute Gasteiger partial charge is 0.125 e. The number of methoxy groups -OCH3 is 1. The molecule has 2 nitrogen and oxygen atoms in total. The minimum Gasteiger partial charge on any atom is -0.496 e. The maximum atomic E-state index is 5.59. The van der Waals surface area contributed by atoms with Crippen molar-refractivity contribution in [2.45, 2.75) is 53.0 Å². The molecule has 0 radical (unpaired) electrons. The molecule has 0 saturated heterocycles. The Morgan fingerprint density at radius 2 is 1.83 bits per heavy atom. The predicted octanol–water partition coefficient (Wildman–Crippen LogP) is 3.80. The molecule has 102 valence electrons. The molecule has 1 rings (SSSR count). The van der Waals surface area contributed by atoms with E-state index < -0.39 is 0 Å². The number of nitrogens with one attached hydrogen (secondary N) is 1. The maximum Gasteiger partial charge on any atom is 0.125 e. The van der Waals surface area contributed by atoms with E-state index in [-0.39, 0.29) is 0 Å². The Morgan fingerprint density at radius 1 is 1.17 bits per heavy atom. The van der Waals surface area contributed by atoms with Crippen molar-refractivity contribution in [1.82, 2.24) is 5.32 Å². The van der Waals surface area contributed by atoms with Crippen LogP contribution in [0.4, 0.5) is 0 Å². The molecule has 0 aliphatic carbocycles. The Hall–Kier alpha value is -1.02. The van der Waals surface area contributed by atoms with Crippen molar-refractivity contribution in [2.75, 3.05) is 13.7 Å². The molecule has 0 fully saturated rings. The van der Waals surface area contributed by atoms with Crippen molar-refractivity contribution < 1.29 is 4.74 Å². The lowest BCUT2D eigenvalue weighted by molar-refractivity contribution is 0.400. The second-order valence-electron chi connectivity index (χ2n) is 5.43. The molecule has 1 unspecified atom stereocenters. The number of rotatable bonds is 6. The topological polar surface area (TPSA) is 21.3 Å². The third kappa shape index (κ3) is 3.74. The first-order chi connectivity index (χ1) is 8.47. The second-order valence-corrected chi connectivity index (χ2v) is 5.43. The van der Waals surface area contributed by atoms with Gasteiger partial charge in [0.1, 0.15) is 5.75 Å². The van der Waals surface area contributed by atoms with Crippen LogP contribution < -0.4 is 10.1 Å². The molecule has 1 atom stereocenters. The van der Waals surface area contributed by atoms with Crippen LogP contribution in [0.25, 0.3) is 0 Å². The Bertz CT molecular complexity index is 385. The summed E-state index contributed by atoms with van der Waals surface area (Å²) >= 11 is 0. The molecule has 0 aliphatic rings. The van der Waals surface area contributed by atoms with Gasteiger partial charge in [-0.1, -0.05) is 32.9 Å². The molecule has 0 bridgehead atoms. The summed E-state index contributed by atoms with van der Waals surface area (Å²) in [5.74, 6) is 1.58. The first kappa shape index (κ1) is 15.0. The van der Waals surface area contributed by atoms with Gasteiger partial charge in [0.15, 0.2) is 0 Å². The van der Waals surface area contributed by atoms with Gasteiger partial charge in [0.2, 0.25) is 0 Å². The number of hydrogen-bond acceptors (Lipinski definition) is 2. The van der Waals surface area contributed by atoms with Crippen molar-refractivity contribution in [1.29, 1.82) is 0 Å². The molecule has 0 amide bonds. The molecule has 0 saturated carbocycles. The van der Waals surface area contributed by atoms with E-state index in [1.807, 2.05) is 0 Å². The van der Waals surface area contributed by atoms with Crippen molar-refractivity contribution in [3.63, 3.8) is 0 Å². The number of aryl methyl sites for hydroxylation is 1. The Kier molecular flexibility index (Phi) is 5.67. The zero-order valence-corrected chi connectivity index (χ0v) is 12.6. The van der Waals surface area contributed by atoms with Gasteiger partial charge in [-0.2, -0.15) is 0 Å². The van der Waals surface area contributed by atoms with Crippen LogP contribution in [0, 0.1) is 13.8 Å². The average Bonchev–Trinajstić information content (AvgIpc) is 2.31. The third-order valence-electron chi connectivity index (χ3n) is 3.57. The van der Waals surface area contributed by atoms with Gasteiger partial charge in [-0.15, -0.1) is 0 Å². The summed E-state index contributed by atoms with van der Waals surface area (Å²) in [4.78, 5) is 0. The SMILES string of the molecule is COc1c(C(C)CCNC(C)C)ccc(C)c1C. The molecule has 2 heteroatoms. The molecule has 1 N–H and O–H groups in total. The van der Waals surface area contributed by atoms with E-state index in [1.165, 1.54) is 16.7 Å². The molecule has 0 aromatic heterocycles. The summed E-state index contributed by atoms with van der Waals surface area (Å²) in [5.41, 5.74) is 3.88. The second kappa shape index (κ2) is 6.79. The number of hydrogen-bond donors (Lipinski definition) is 1. The van der Waals surface area contributed by atoms with E-state index in [2.05, 4.69) is 52.1 Å². The summed E-state index contributed by atoms with van der Waals surface area (Å²) in [6.45, 7) is 12.0. The minimum atomic E-state index is 0.519. The van der Waals surface area contributed by atoms with Crippen LogP contribution >= 0.6 is 0 Å². The quantitative estimate of drug-likeness (QED) is 0.828. The zero-order valence-electron chi connectivity index (χ0n) is 12.6. The molecule has 0 spiro atoms. The fourth-order valence-corrected chi connectivity index (χ4v) is 2.21. The highest BCUT2D eigenvalue weighted by Gasteiger charge is 2.14. The minimum absolute atomic E-state index is 0.519. The molecule has 0 heterocycles. The van der Waals surface area contributed by atoms with Gasteiger partial charge in [0, 0.05) is 6.04 Å². The Labute approximate surface area is 112 Å². The summed E-state index contributed by atoms with van der Waals surface area (Å²) in [6.07, 6.45) is 1.14. The highest BCUT2D eigenvalue weighted by atomic mass is 16.5. The van der Waals surface area contributed by atoms with Gasteiger partial charge in [-0.25, -0.2) is 0 Å². The standard InChI is InChI=1S/C16H27NO/c1-11(2)17-10-9-13(4)15-8-7-12(3)14(5)16(15)18-6/h7-8,11,13,17H,9-10H2,1-6H3. The van der Waals surface area contributed by atoms with E-state index in [0.717, 1.165) is 18.7 Å². The van der Waals surface area contributed by atoms with Crippen molar-refractivity contribution >= 4 is 0 Å². The van der Waals surface area contributed by atoms with E-state index in [4.69, 9.17) is 4.74 Å². The fraction of sp³-hybridized carbons (Fsp3) is 0.625. The largest absolute Gasteiger partial charge is 0.496 e. The summed E-state index contributed by atoms with van der Waals surface area (Å²) < 4.78 is 5.59. The first-order valence-corrected chi connectivity index (χ1v) is 6.84. The predicted molar refractivity (Wildman–Crippen MR) is 78.6 cm³/mol. The van der Waals surface area contributed by atoms with Gasteiger partial charge in [0.25, 0.3) is 0 Å². The van der Waals surface area contributed by atoms with E-state index in [1.54, 1.807) is 7.11 Å². The van der Waals surface area contributed by atoms with Crippen LogP contribution in [0.1, 0.15) is 49.8 Å². The van der Waals surface area contributed by atoms with Crippen molar-refractivity contribution in [2.24, 2.45) is 0 Å². The highest BCUT2D eigenvalue weighted by Crippen LogP contribution is 2.33. The van der Waals surface area contributed by atoms with Crippen LogP contribution in [0.15, 0.2) is 12.1 Å². The van der Waals surface area contributed by atoms with Crippen LogP contribution in [-0.4, -0.2) is 19.7 Å². The monoisotopic (exact) mass is 249 g/mol. The molecular weight excluding hydrogens is 222 g/mol. The fourth-order valence-electron chi connectivity index (χ4n) is 2.21. The van der Waals surface area contributed by atoms with Crippen molar-refractivity contribution in [3.8, 4) is 5.75 Å². The van der Waals surface area contributed by atoms with E-state index in [9.17, 15) is 0 Å². The Balaban J connectivity index is 2.79. The number of ether oxygens (including phenoxy) is 1. The molecular formula is C16H27NO. The van der Waals surface area contributed by atoms with Crippen molar-refractivity contribution in [3.05, 3.63) is 28.8 Å². The normalized spacial score (nSPS) is 12.8. The number of benzene rings is 1. The van der Waals surface area contributed by atoms with Gasteiger partial charge >= 0.3 is 0 Å². The summed E-state index contributed by atoms with van der Waals surface area (Å²) in [6, 6.07) is 4.96. The molecule has 18 heavy (non-hydrogen) atoms. The lowest BCUT2D eigenvalue weighted by Crippen LogP contribution is -2.24. The van der Waals surface area contributed by atoms with E-state index >= 15 is 0 Å². The molecule has 0 aliphatic heterocycles. The summed E-state index contributed by atoms with van der Waals surface area (Å²) in [7, 11) is 1.77. The van der Waals surface area contributed by atoms with Gasteiger partial charge in [-0.05, 0) is 49.4 Å². The van der Waals surface area contributed by atoms with Crippen LogP contribution in [-0.2, 0) is 0 Å². The lowest BCUT2D eigenvalue weighted by Gasteiger charge is -2.19. The van der Waals surface area contributed by atoms with E-state index in [0.29, 0.717) is 12.0 Å².